The van der Waals surface area contributed by atoms with Gasteiger partial charge in [-0.2, -0.15) is 4.31 Å². The normalized spacial score (nSPS) is 15.5. The molecule has 6 nitrogen and oxygen atoms in total. The van der Waals surface area contributed by atoms with Crippen molar-refractivity contribution >= 4 is 21.6 Å². The highest BCUT2D eigenvalue weighted by Crippen LogP contribution is 2.25. The molecule has 1 aliphatic heterocycles. The first-order chi connectivity index (χ1) is 14.9. The molecule has 0 aromatic heterocycles. The Morgan fingerprint density at radius 2 is 1.71 bits per heavy atom. The van der Waals surface area contributed by atoms with E-state index in [1.54, 1.807) is 16.4 Å². The minimum absolute atomic E-state index is 0.0576. The van der Waals surface area contributed by atoms with Crippen LogP contribution in [0.25, 0.3) is 0 Å². The van der Waals surface area contributed by atoms with Gasteiger partial charge in [0.05, 0.1) is 4.90 Å². The van der Waals surface area contributed by atoms with E-state index in [0.717, 1.165) is 31.4 Å². The van der Waals surface area contributed by atoms with Gasteiger partial charge < -0.3 is 10.2 Å². The van der Waals surface area contributed by atoms with Crippen molar-refractivity contribution in [2.45, 2.75) is 37.5 Å². The number of aryl methyl sites for hydroxylation is 1. The molecule has 168 valence electrons. The summed E-state index contributed by atoms with van der Waals surface area (Å²) >= 11 is 0. The van der Waals surface area contributed by atoms with Gasteiger partial charge in [0, 0.05) is 45.3 Å². The topological polar surface area (TPSA) is 69.7 Å². The summed E-state index contributed by atoms with van der Waals surface area (Å²) in [6.45, 7) is 4.40. The standard InChI is InChI=1S/C24H33N3O3S/c1-20-9-11-23(12-10-20)31(29,30)27-17-13-21(14-18-27)19-24(28)25-15-6-16-26(2)22-7-4-3-5-8-22/h3-5,7-12,21H,6,13-19H2,1-2H3,(H,25,28). The number of carbonyl (C=O) groups is 1. The Morgan fingerprint density at radius 3 is 2.35 bits per heavy atom. The number of amides is 1. The molecule has 0 bridgehead atoms. The van der Waals surface area contributed by atoms with Gasteiger partial charge >= 0.3 is 0 Å². The first-order valence-electron chi connectivity index (χ1n) is 11.0. The van der Waals surface area contributed by atoms with Crippen LogP contribution in [0.3, 0.4) is 0 Å². The van der Waals surface area contributed by atoms with Crippen molar-refractivity contribution in [2.24, 2.45) is 5.92 Å². The zero-order chi connectivity index (χ0) is 22.3. The van der Waals surface area contributed by atoms with Crippen LogP contribution in [0.5, 0.6) is 0 Å². The van der Waals surface area contributed by atoms with Crippen molar-refractivity contribution in [1.82, 2.24) is 9.62 Å². The van der Waals surface area contributed by atoms with Gasteiger partial charge in [0.15, 0.2) is 0 Å². The lowest BCUT2D eigenvalue weighted by Crippen LogP contribution is -2.39. The zero-order valence-corrected chi connectivity index (χ0v) is 19.3. The Bertz CT molecular complexity index is 938. The minimum atomic E-state index is -3.45. The number of nitrogens with zero attached hydrogens (tertiary/aromatic N) is 2. The van der Waals surface area contributed by atoms with Crippen molar-refractivity contribution in [1.29, 1.82) is 0 Å². The number of benzene rings is 2. The number of para-hydroxylation sites is 1. The first-order valence-corrected chi connectivity index (χ1v) is 12.4. The Morgan fingerprint density at radius 1 is 1.06 bits per heavy atom. The maximum Gasteiger partial charge on any atom is 0.243 e. The predicted octanol–water partition coefficient (Wildman–Crippen LogP) is 3.43. The number of rotatable bonds is 9. The summed E-state index contributed by atoms with van der Waals surface area (Å²) in [4.78, 5) is 14.8. The van der Waals surface area contributed by atoms with Crippen molar-refractivity contribution in [3.8, 4) is 0 Å². The Kier molecular flexibility index (Phi) is 8.09. The fourth-order valence-corrected chi connectivity index (χ4v) is 5.37. The molecule has 0 saturated carbocycles. The number of sulfonamides is 1. The van der Waals surface area contributed by atoms with Crippen LogP contribution in [0.1, 0.15) is 31.2 Å². The van der Waals surface area contributed by atoms with Crippen LogP contribution in [0.2, 0.25) is 0 Å². The second kappa shape index (κ2) is 10.8. The van der Waals surface area contributed by atoms with Gasteiger partial charge in [0.2, 0.25) is 15.9 Å². The highest BCUT2D eigenvalue weighted by Gasteiger charge is 2.30. The third kappa shape index (κ3) is 6.55. The third-order valence-corrected chi connectivity index (χ3v) is 7.81. The van der Waals surface area contributed by atoms with E-state index in [4.69, 9.17) is 0 Å². The number of hydrogen-bond acceptors (Lipinski definition) is 4. The zero-order valence-electron chi connectivity index (χ0n) is 18.5. The molecule has 1 saturated heterocycles. The lowest BCUT2D eigenvalue weighted by atomic mass is 9.94. The smallest absolute Gasteiger partial charge is 0.243 e. The number of nitrogens with one attached hydrogen (secondary N) is 1. The maximum atomic E-state index is 12.8. The van der Waals surface area contributed by atoms with Gasteiger partial charge in [0.25, 0.3) is 0 Å². The SMILES string of the molecule is Cc1ccc(S(=O)(=O)N2CCC(CC(=O)NCCCN(C)c3ccccc3)CC2)cc1. The highest BCUT2D eigenvalue weighted by atomic mass is 32.2. The van der Waals surface area contributed by atoms with Crippen LogP contribution in [0, 0.1) is 12.8 Å². The van der Waals surface area contributed by atoms with E-state index >= 15 is 0 Å². The molecule has 1 heterocycles. The second-order valence-corrected chi connectivity index (χ2v) is 10.3. The fraction of sp³-hybridized carbons (Fsp3) is 0.458. The molecule has 0 atom stereocenters. The molecule has 1 amide bonds. The van der Waals surface area contributed by atoms with Crippen LogP contribution in [-0.2, 0) is 14.8 Å². The minimum Gasteiger partial charge on any atom is -0.375 e. The van der Waals surface area contributed by atoms with Crippen LogP contribution in [0.15, 0.2) is 59.5 Å². The number of hydrogen-bond donors (Lipinski definition) is 1. The molecule has 2 aromatic rings. The summed E-state index contributed by atoms with van der Waals surface area (Å²) in [7, 11) is -1.40. The van der Waals surface area contributed by atoms with Gasteiger partial charge in [-0.3, -0.25) is 4.79 Å². The van der Waals surface area contributed by atoms with Gasteiger partial charge in [-0.25, -0.2) is 8.42 Å². The number of piperidine rings is 1. The fourth-order valence-electron chi connectivity index (χ4n) is 3.90. The molecule has 0 aliphatic carbocycles. The van der Waals surface area contributed by atoms with Crippen LogP contribution < -0.4 is 10.2 Å². The van der Waals surface area contributed by atoms with Gasteiger partial charge in [0.1, 0.15) is 0 Å². The summed E-state index contributed by atoms with van der Waals surface area (Å²) in [6, 6.07) is 17.2. The lowest BCUT2D eigenvalue weighted by molar-refractivity contribution is -0.122. The Hall–Kier alpha value is -2.38. The molecule has 31 heavy (non-hydrogen) atoms. The molecule has 2 aromatic carbocycles. The molecule has 1 N–H and O–H groups in total. The highest BCUT2D eigenvalue weighted by molar-refractivity contribution is 7.89. The van der Waals surface area contributed by atoms with E-state index in [9.17, 15) is 13.2 Å². The van der Waals surface area contributed by atoms with E-state index < -0.39 is 10.0 Å². The molecule has 7 heteroatoms. The summed E-state index contributed by atoms with van der Waals surface area (Å²) in [5, 5.41) is 3.01. The molecule has 1 fully saturated rings. The van der Waals surface area contributed by atoms with E-state index in [-0.39, 0.29) is 11.8 Å². The number of anilines is 1. The molecule has 0 unspecified atom stereocenters. The monoisotopic (exact) mass is 443 g/mol. The molecule has 1 aliphatic rings. The summed E-state index contributed by atoms with van der Waals surface area (Å²) in [5.41, 5.74) is 2.21. The van der Waals surface area contributed by atoms with E-state index in [2.05, 4.69) is 29.4 Å². The second-order valence-electron chi connectivity index (χ2n) is 8.33. The Balaban J connectivity index is 1.36. The van der Waals surface area contributed by atoms with E-state index in [1.165, 1.54) is 5.69 Å². The maximum absolute atomic E-state index is 12.8. The van der Waals surface area contributed by atoms with Crippen LogP contribution >= 0.6 is 0 Å². The summed E-state index contributed by atoms with van der Waals surface area (Å²) < 4.78 is 27.2. The van der Waals surface area contributed by atoms with Gasteiger partial charge in [-0.1, -0.05) is 35.9 Å². The van der Waals surface area contributed by atoms with Crippen molar-refractivity contribution in [3.05, 3.63) is 60.2 Å². The molecule has 3 rings (SSSR count). The average molecular weight is 444 g/mol. The van der Waals surface area contributed by atoms with Crippen LogP contribution in [0.4, 0.5) is 5.69 Å². The van der Waals surface area contributed by atoms with Gasteiger partial charge in [-0.15, -0.1) is 0 Å². The van der Waals surface area contributed by atoms with Crippen molar-refractivity contribution in [3.63, 3.8) is 0 Å². The van der Waals surface area contributed by atoms with E-state index in [0.29, 0.717) is 31.0 Å². The quantitative estimate of drug-likeness (QED) is 0.603. The van der Waals surface area contributed by atoms with E-state index in [1.807, 2.05) is 37.3 Å². The number of carbonyl (C=O) groups excluding carboxylic acids is 1. The van der Waals surface area contributed by atoms with Crippen molar-refractivity contribution in [2.75, 3.05) is 38.1 Å². The van der Waals surface area contributed by atoms with Crippen molar-refractivity contribution < 1.29 is 13.2 Å². The average Bonchev–Trinajstić information content (AvgIpc) is 2.78. The predicted molar refractivity (Wildman–Crippen MR) is 125 cm³/mol. The molecular weight excluding hydrogens is 410 g/mol. The van der Waals surface area contributed by atoms with Gasteiger partial charge in [-0.05, 0) is 56.4 Å². The Labute approximate surface area is 186 Å². The molecular formula is C24H33N3O3S. The lowest BCUT2D eigenvalue weighted by Gasteiger charge is -2.31. The molecule has 0 radical (unpaired) electrons. The van der Waals surface area contributed by atoms with Crippen LogP contribution in [-0.4, -0.2) is 51.9 Å². The molecule has 0 spiro atoms. The summed E-state index contributed by atoms with van der Waals surface area (Å²) in [6.07, 6.45) is 2.78. The third-order valence-electron chi connectivity index (χ3n) is 5.90. The largest absolute Gasteiger partial charge is 0.375 e. The summed E-state index contributed by atoms with van der Waals surface area (Å²) in [5.74, 6) is 0.290. The first kappa shape index (κ1) is 23.3.